The van der Waals surface area contributed by atoms with Crippen molar-refractivity contribution in [2.75, 3.05) is 7.05 Å². The normalized spacial score (nSPS) is 11.7. The van der Waals surface area contributed by atoms with Crippen molar-refractivity contribution in [2.24, 2.45) is 4.99 Å². The Morgan fingerprint density at radius 1 is 1.44 bits per heavy atom. The maximum Gasteiger partial charge on any atom is 0.159 e. The quantitative estimate of drug-likeness (QED) is 0.451. The zero-order valence-corrected chi connectivity index (χ0v) is 10.8. The summed E-state index contributed by atoms with van der Waals surface area (Å²) in [6.45, 7) is 3.28. The Bertz CT molecular complexity index is 431. The molecule has 1 rings (SSSR count). The van der Waals surface area contributed by atoms with Crippen LogP contribution in [-0.4, -0.2) is 18.5 Å². The van der Waals surface area contributed by atoms with E-state index in [-0.39, 0.29) is 11.6 Å². The van der Waals surface area contributed by atoms with Crippen LogP contribution in [0.2, 0.25) is 0 Å². The van der Waals surface area contributed by atoms with Gasteiger partial charge in [0.15, 0.2) is 5.78 Å². The van der Waals surface area contributed by atoms with Gasteiger partial charge in [-0.3, -0.25) is 9.79 Å². The van der Waals surface area contributed by atoms with Gasteiger partial charge in [-0.2, -0.15) is 0 Å². The summed E-state index contributed by atoms with van der Waals surface area (Å²) in [7, 11) is 4.14. The molecule has 1 aromatic rings. The maximum atomic E-state index is 13.7. The molecule has 0 saturated carbocycles. The van der Waals surface area contributed by atoms with E-state index in [4.69, 9.17) is 0 Å². The van der Waals surface area contributed by atoms with Gasteiger partial charge in [-0.05, 0) is 31.3 Å². The minimum absolute atomic E-state index is 0.130. The van der Waals surface area contributed by atoms with Gasteiger partial charge in [0.2, 0.25) is 0 Å². The third kappa shape index (κ3) is 2.96. The summed E-state index contributed by atoms with van der Waals surface area (Å²) in [5.74, 6) is -0.476. The van der Waals surface area contributed by atoms with Crippen molar-refractivity contribution in [3.05, 3.63) is 29.1 Å². The van der Waals surface area contributed by atoms with Gasteiger partial charge in [0.05, 0.1) is 0 Å². The molecule has 0 aliphatic carbocycles. The fourth-order valence-electron chi connectivity index (χ4n) is 1.38. The molecule has 0 saturated heterocycles. The van der Waals surface area contributed by atoms with Crippen LogP contribution in [0.4, 0.5) is 4.39 Å². The van der Waals surface area contributed by atoms with Gasteiger partial charge in [-0.25, -0.2) is 4.39 Å². The topological polar surface area (TPSA) is 29.4 Å². The highest BCUT2D eigenvalue weighted by Gasteiger charge is 2.11. The molecule has 0 heterocycles. The molecule has 0 aliphatic rings. The first-order valence-corrected chi connectivity index (χ1v) is 5.54. The summed E-state index contributed by atoms with van der Waals surface area (Å²) in [5.41, 5.74) is 1.84. The van der Waals surface area contributed by atoms with Crippen LogP contribution < -0.4 is 5.30 Å². The van der Waals surface area contributed by atoms with Crippen molar-refractivity contribution in [3.63, 3.8) is 0 Å². The molecule has 0 aromatic heterocycles. The van der Waals surface area contributed by atoms with Crippen molar-refractivity contribution in [1.29, 1.82) is 0 Å². The number of hydrogen-bond donors (Lipinski definition) is 0. The van der Waals surface area contributed by atoms with Crippen LogP contribution >= 0.6 is 9.24 Å². The Morgan fingerprint density at radius 2 is 2.06 bits per heavy atom. The third-order valence-corrected chi connectivity index (χ3v) is 2.97. The molecule has 16 heavy (non-hydrogen) atoms. The summed E-state index contributed by atoms with van der Waals surface area (Å²) < 4.78 is 13.7. The van der Waals surface area contributed by atoms with Gasteiger partial charge >= 0.3 is 0 Å². The lowest BCUT2D eigenvalue weighted by atomic mass is 10.0. The first-order chi connectivity index (χ1) is 7.45. The molecule has 0 radical (unpaired) electrons. The molecule has 0 spiro atoms. The van der Waals surface area contributed by atoms with Crippen molar-refractivity contribution >= 4 is 26.0 Å². The lowest BCUT2D eigenvalue weighted by Gasteiger charge is -2.08. The van der Waals surface area contributed by atoms with Crippen LogP contribution in [0.25, 0.3) is 0 Å². The highest BCUT2D eigenvalue weighted by Crippen LogP contribution is 2.13. The Hall–Kier alpha value is -1.08. The molecule has 1 aromatic carbocycles. The molecule has 0 aliphatic heterocycles. The van der Waals surface area contributed by atoms with Crippen LogP contribution in [0.1, 0.15) is 29.8 Å². The van der Waals surface area contributed by atoms with Crippen LogP contribution in [-0.2, 0) is 6.42 Å². The summed E-state index contributed by atoms with van der Waals surface area (Å²) >= 11 is 0. The lowest BCUT2D eigenvalue weighted by molar-refractivity contribution is 0.101. The summed E-state index contributed by atoms with van der Waals surface area (Å²) in [6, 6.07) is 2.97. The molecule has 0 fully saturated rings. The highest BCUT2D eigenvalue weighted by atomic mass is 31.0. The SMILES string of the molecule is CN=C(C)Cc1c(F)cc(C(C)=O)cc1P. The van der Waals surface area contributed by atoms with Gasteiger partial charge < -0.3 is 0 Å². The molecule has 1 unspecified atom stereocenters. The number of hydrogen-bond acceptors (Lipinski definition) is 2. The van der Waals surface area contributed by atoms with E-state index < -0.39 is 0 Å². The largest absolute Gasteiger partial charge is 0.297 e. The summed E-state index contributed by atoms with van der Waals surface area (Å²) in [6.07, 6.45) is 0.472. The van der Waals surface area contributed by atoms with Crippen molar-refractivity contribution in [1.82, 2.24) is 0 Å². The van der Waals surface area contributed by atoms with Gasteiger partial charge in [0, 0.05) is 30.3 Å². The van der Waals surface area contributed by atoms with E-state index in [2.05, 4.69) is 14.2 Å². The van der Waals surface area contributed by atoms with E-state index in [1.807, 2.05) is 6.92 Å². The second kappa shape index (κ2) is 5.31. The van der Waals surface area contributed by atoms with Crippen molar-refractivity contribution in [3.8, 4) is 0 Å². The fraction of sp³-hybridized carbons (Fsp3) is 0.333. The zero-order valence-electron chi connectivity index (χ0n) is 9.67. The Balaban J connectivity index is 3.17. The number of Topliss-reactive ketones (excluding diaryl/α,β-unsaturated/α-hetero) is 1. The number of nitrogens with zero attached hydrogens (tertiary/aromatic N) is 1. The van der Waals surface area contributed by atoms with E-state index in [1.165, 1.54) is 13.0 Å². The Morgan fingerprint density at radius 3 is 2.50 bits per heavy atom. The van der Waals surface area contributed by atoms with E-state index in [9.17, 15) is 9.18 Å². The number of carbonyl (C=O) groups excluding carboxylic acids is 1. The molecule has 1 atom stereocenters. The maximum absolute atomic E-state index is 13.7. The minimum atomic E-state index is -0.347. The predicted molar refractivity (Wildman–Crippen MR) is 68.5 cm³/mol. The number of ketones is 1. The minimum Gasteiger partial charge on any atom is -0.297 e. The second-order valence-electron chi connectivity index (χ2n) is 3.72. The molecule has 2 nitrogen and oxygen atoms in total. The molecule has 0 amide bonds. The number of carbonyl (C=O) groups is 1. The Labute approximate surface area is 97.2 Å². The molecule has 4 heteroatoms. The van der Waals surface area contributed by atoms with Gasteiger partial charge in [0.25, 0.3) is 0 Å². The monoisotopic (exact) mass is 239 g/mol. The molecular weight excluding hydrogens is 224 g/mol. The average molecular weight is 239 g/mol. The van der Waals surface area contributed by atoms with Crippen LogP contribution in [0, 0.1) is 5.82 Å². The fourth-order valence-corrected chi connectivity index (χ4v) is 1.80. The standard InChI is InChI=1S/C12H15FNOP/c1-7(14-3)4-10-11(13)5-9(8(2)15)6-12(10)16/h5-6H,4,16H2,1-3H3. The van der Waals surface area contributed by atoms with E-state index >= 15 is 0 Å². The smallest absolute Gasteiger partial charge is 0.159 e. The predicted octanol–water partition coefficient (Wildman–Crippen LogP) is 2.16. The van der Waals surface area contributed by atoms with Crippen molar-refractivity contribution < 1.29 is 9.18 Å². The number of rotatable bonds is 3. The van der Waals surface area contributed by atoms with Gasteiger partial charge in [-0.1, -0.05) is 0 Å². The second-order valence-corrected chi connectivity index (χ2v) is 4.34. The van der Waals surface area contributed by atoms with E-state index in [1.54, 1.807) is 13.1 Å². The summed E-state index contributed by atoms with van der Waals surface area (Å²) in [5, 5.41) is 0.716. The Kier molecular flexibility index (Phi) is 4.31. The molecule has 86 valence electrons. The lowest BCUT2D eigenvalue weighted by Crippen LogP contribution is -2.12. The highest BCUT2D eigenvalue weighted by molar-refractivity contribution is 7.27. The van der Waals surface area contributed by atoms with Gasteiger partial charge in [-0.15, -0.1) is 9.24 Å². The van der Waals surface area contributed by atoms with Gasteiger partial charge in [0.1, 0.15) is 5.82 Å². The zero-order chi connectivity index (χ0) is 12.3. The van der Waals surface area contributed by atoms with E-state index in [0.717, 1.165) is 5.71 Å². The van der Waals surface area contributed by atoms with Crippen LogP contribution in [0.5, 0.6) is 0 Å². The first kappa shape index (κ1) is 13.0. The van der Waals surface area contributed by atoms with Crippen LogP contribution in [0.15, 0.2) is 17.1 Å². The summed E-state index contributed by atoms with van der Waals surface area (Å²) in [4.78, 5) is 15.1. The molecular formula is C12H15FNOP. The number of halogens is 1. The van der Waals surface area contributed by atoms with Crippen molar-refractivity contribution in [2.45, 2.75) is 20.3 Å². The molecule has 0 N–H and O–H groups in total. The first-order valence-electron chi connectivity index (χ1n) is 4.96. The average Bonchev–Trinajstić information content (AvgIpc) is 2.22. The van der Waals surface area contributed by atoms with E-state index in [0.29, 0.717) is 22.9 Å². The third-order valence-electron chi connectivity index (χ3n) is 2.45. The number of aliphatic imine (C=N–C) groups is 1. The molecule has 0 bridgehead atoms. The number of benzene rings is 1. The van der Waals surface area contributed by atoms with Crippen LogP contribution in [0.3, 0.4) is 0 Å².